The van der Waals surface area contributed by atoms with Gasteiger partial charge in [0.25, 0.3) is 0 Å². The first-order valence-corrected chi connectivity index (χ1v) is 8.42. The van der Waals surface area contributed by atoms with Gasteiger partial charge in [-0.2, -0.15) is 18.2 Å². The molecule has 2 aromatic rings. The number of ether oxygens (including phenoxy) is 1. The van der Waals surface area contributed by atoms with Crippen molar-refractivity contribution in [1.82, 2.24) is 20.1 Å². The molecule has 3 heterocycles. The van der Waals surface area contributed by atoms with Crippen molar-refractivity contribution in [2.75, 3.05) is 18.5 Å². The van der Waals surface area contributed by atoms with E-state index in [-0.39, 0.29) is 17.8 Å². The molecule has 0 saturated carbocycles. The van der Waals surface area contributed by atoms with E-state index in [4.69, 9.17) is 9.26 Å². The van der Waals surface area contributed by atoms with Crippen molar-refractivity contribution in [3.8, 4) is 0 Å². The molecule has 1 saturated heterocycles. The van der Waals surface area contributed by atoms with Gasteiger partial charge in [-0.25, -0.2) is 9.97 Å². The summed E-state index contributed by atoms with van der Waals surface area (Å²) in [6.45, 7) is 5.00. The lowest BCUT2D eigenvalue weighted by atomic mass is 9.91. The Morgan fingerprint density at radius 3 is 2.54 bits per heavy atom. The Kier molecular flexibility index (Phi) is 5.40. The maximum Gasteiger partial charge on any atom is 0.433 e. The van der Waals surface area contributed by atoms with Gasteiger partial charge in [0.05, 0.1) is 0 Å². The summed E-state index contributed by atoms with van der Waals surface area (Å²) in [5.74, 6) is 0.876. The summed E-state index contributed by atoms with van der Waals surface area (Å²) in [6, 6.07) is 0.348. The van der Waals surface area contributed by atoms with Crippen LogP contribution in [0.3, 0.4) is 0 Å². The predicted molar refractivity (Wildman–Crippen MR) is 85.3 cm³/mol. The molecule has 1 N–H and O–H groups in total. The van der Waals surface area contributed by atoms with Gasteiger partial charge < -0.3 is 14.6 Å². The summed E-state index contributed by atoms with van der Waals surface area (Å²) in [5.41, 5.74) is -1.01. The molecule has 0 spiro atoms. The Hall–Kier alpha value is -2.23. The van der Waals surface area contributed by atoms with Crippen LogP contribution in [0, 0.1) is 5.92 Å². The summed E-state index contributed by atoms with van der Waals surface area (Å²) in [6.07, 6.45) is -2.03. The summed E-state index contributed by atoms with van der Waals surface area (Å²) < 4.78 is 49.4. The maximum atomic E-state index is 12.9. The topological polar surface area (TPSA) is 86.0 Å². The normalized spacial score (nSPS) is 17.5. The smallest absolute Gasteiger partial charge is 0.381 e. The van der Waals surface area contributed by atoms with Gasteiger partial charge >= 0.3 is 6.18 Å². The number of rotatable bonds is 5. The zero-order valence-corrected chi connectivity index (χ0v) is 14.5. The Labute approximate surface area is 148 Å². The summed E-state index contributed by atoms with van der Waals surface area (Å²) >= 11 is 0. The second-order valence-corrected chi connectivity index (χ2v) is 6.48. The SMILES string of the molecule is CC(C)c1noc(C(Nc2nccc(C(F)(F)F)n2)C2CCOCC2)n1. The van der Waals surface area contributed by atoms with E-state index in [0.717, 1.165) is 25.1 Å². The van der Waals surface area contributed by atoms with E-state index in [2.05, 4.69) is 25.4 Å². The second kappa shape index (κ2) is 7.56. The quantitative estimate of drug-likeness (QED) is 0.860. The summed E-state index contributed by atoms with van der Waals surface area (Å²) in [4.78, 5) is 11.9. The lowest BCUT2D eigenvalue weighted by Crippen LogP contribution is -2.28. The van der Waals surface area contributed by atoms with Crippen LogP contribution >= 0.6 is 0 Å². The van der Waals surface area contributed by atoms with Gasteiger partial charge in [-0.1, -0.05) is 19.0 Å². The molecule has 3 rings (SSSR count). The molecule has 1 aliphatic heterocycles. The highest BCUT2D eigenvalue weighted by molar-refractivity contribution is 5.29. The van der Waals surface area contributed by atoms with Crippen LogP contribution in [-0.4, -0.2) is 33.3 Å². The molecule has 7 nitrogen and oxygen atoms in total. The summed E-state index contributed by atoms with van der Waals surface area (Å²) in [7, 11) is 0. The Balaban J connectivity index is 1.88. The fraction of sp³-hybridized carbons (Fsp3) is 0.625. The van der Waals surface area contributed by atoms with Crippen molar-refractivity contribution in [2.45, 2.75) is 44.8 Å². The zero-order valence-electron chi connectivity index (χ0n) is 14.5. The Morgan fingerprint density at radius 2 is 1.92 bits per heavy atom. The number of halogens is 3. The third-order valence-electron chi connectivity index (χ3n) is 4.21. The third kappa shape index (κ3) is 4.29. The lowest BCUT2D eigenvalue weighted by molar-refractivity contribution is -0.141. The number of anilines is 1. The van der Waals surface area contributed by atoms with Crippen LogP contribution in [-0.2, 0) is 10.9 Å². The van der Waals surface area contributed by atoms with Crippen molar-refractivity contribution >= 4 is 5.95 Å². The minimum atomic E-state index is -4.54. The van der Waals surface area contributed by atoms with Crippen molar-refractivity contribution in [1.29, 1.82) is 0 Å². The van der Waals surface area contributed by atoms with E-state index in [1.807, 2.05) is 13.8 Å². The van der Waals surface area contributed by atoms with Crippen molar-refractivity contribution in [3.05, 3.63) is 29.7 Å². The highest BCUT2D eigenvalue weighted by atomic mass is 19.4. The second-order valence-electron chi connectivity index (χ2n) is 6.48. The average Bonchev–Trinajstić information content (AvgIpc) is 3.10. The Morgan fingerprint density at radius 1 is 1.19 bits per heavy atom. The van der Waals surface area contributed by atoms with Gasteiger partial charge in [-0.15, -0.1) is 0 Å². The van der Waals surface area contributed by atoms with Gasteiger partial charge in [0.15, 0.2) is 5.82 Å². The van der Waals surface area contributed by atoms with Crippen LogP contribution in [0.1, 0.15) is 56.1 Å². The molecule has 26 heavy (non-hydrogen) atoms. The predicted octanol–water partition coefficient (Wildman–Crippen LogP) is 3.58. The monoisotopic (exact) mass is 371 g/mol. The van der Waals surface area contributed by atoms with Gasteiger partial charge in [0.2, 0.25) is 11.8 Å². The Bertz CT molecular complexity index is 729. The molecule has 0 aromatic carbocycles. The first-order valence-electron chi connectivity index (χ1n) is 8.42. The molecule has 1 atom stereocenters. The van der Waals surface area contributed by atoms with Crippen LogP contribution in [0.25, 0.3) is 0 Å². The molecule has 142 valence electrons. The van der Waals surface area contributed by atoms with E-state index >= 15 is 0 Å². The van der Waals surface area contributed by atoms with Crippen molar-refractivity contribution < 1.29 is 22.4 Å². The standard InChI is InChI=1S/C16H20F3N5O2/c1-9(2)13-23-14(26-24-13)12(10-4-7-25-8-5-10)22-15-20-6-3-11(21-15)16(17,18)19/h3,6,9-10,12H,4-5,7-8H2,1-2H3,(H,20,21,22). The summed E-state index contributed by atoms with van der Waals surface area (Å²) in [5, 5.41) is 6.91. The van der Waals surface area contributed by atoms with Gasteiger partial charge in [0, 0.05) is 25.3 Å². The van der Waals surface area contributed by atoms with Gasteiger partial charge in [-0.05, 0) is 24.8 Å². The molecule has 0 amide bonds. The van der Waals surface area contributed by atoms with Gasteiger partial charge in [0.1, 0.15) is 11.7 Å². The molecular formula is C16H20F3N5O2. The lowest BCUT2D eigenvalue weighted by Gasteiger charge is -2.28. The van der Waals surface area contributed by atoms with E-state index in [1.165, 1.54) is 0 Å². The molecule has 0 aliphatic carbocycles. The van der Waals surface area contributed by atoms with E-state index in [0.29, 0.717) is 24.9 Å². The molecule has 0 radical (unpaired) electrons. The average molecular weight is 371 g/mol. The number of hydrogen-bond acceptors (Lipinski definition) is 7. The highest BCUT2D eigenvalue weighted by Gasteiger charge is 2.34. The van der Waals surface area contributed by atoms with Crippen LogP contribution in [0.4, 0.5) is 19.1 Å². The van der Waals surface area contributed by atoms with Crippen molar-refractivity contribution in [2.24, 2.45) is 5.92 Å². The van der Waals surface area contributed by atoms with Crippen LogP contribution in [0.5, 0.6) is 0 Å². The van der Waals surface area contributed by atoms with Crippen LogP contribution < -0.4 is 5.32 Å². The van der Waals surface area contributed by atoms with Crippen molar-refractivity contribution in [3.63, 3.8) is 0 Å². The van der Waals surface area contributed by atoms with Crippen LogP contribution in [0.15, 0.2) is 16.8 Å². The van der Waals surface area contributed by atoms with Gasteiger partial charge in [-0.3, -0.25) is 0 Å². The number of nitrogens with one attached hydrogen (secondary N) is 1. The number of alkyl halides is 3. The molecule has 1 fully saturated rings. The minimum Gasteiger partial charge on any atom is -0.381 e. The fourth-order valence-electron chi connectivity index (χ4n) is 2.76. The molecule has 2 aromatic heterocycles. The number of hydrogen-bond donors (Lipinski definition) is 1. The highest BCUT2D eigenvalue weighted by Crippen LogP contribution is 2.33. The van der Waals surface area contributed by atoms with Crippen LogP contribution in [0.2, 0.25) is 0 Å². The minimum absolute atomic E-state index is 0.0577. The molecule has 1 aliphatic rings. The molecule has 10 heteroatoms. The zero-order chi connectivity index (χ0) is 18.7. The first-order chi connectivity index (χ1) is 12.3. The molecular weight excluding hydrogens is 351 g/mol. The largest absolute Gasteiger partial charge is 0.433 e. The number of nitrogens with zero attached hydrogens (tertiary/aromatic N) is 4. The number of aromatic nitrogens is 4. The fourth-order valence-corrected chi connectivity index (χ4v) is 2.76. The first kappa shape index (κ1) is 18.6. The van der Waals surface area contributed by atoms with E-state index < -0.39 is 17.9 Å². The van der Waals surface area contributed by atoms with E-state index in [1.54, 1.807) is 0 Å². The molecule has 0 bridgehead atoms. The molecule has 1 unspecified atom stereocenters. The van der Waals surface area contributed by atoms with E-state index in [9.17, 15) is 13.2 Å². The third-order valence-corrected chi connectivity index (χ3v) is 4.21. The maximum absolute atomic E-state index is 12.9.